The van der Waals surface area contributed by atoms with Crippen LogP contribution in [-0.2, 0) is 0 Å². The Labute approximate surface area is 108 Å². The Morgan fingerprint density at radius 1 is 1.28 bits per heavy atom. The van der Waals surface area contributed by atoms with E-state index >= 15 is 0 Å². The zero-order valence-electron chi connectivity index (χ0n) is 8.82. The molecule has 0 fully saturated rings. The van der Waals surface area contributed by atoms with Gasteiger partial charge in [-0.1, -0.05) is 5.16 Å². The predicted octanol–water partition coefficient (Wildman–Crippen LogP) is 2.80. The molecule has 4 aromatic rings. The van der Waals surface area contributed by atoms with Gasteiger partial charge in [-0.2, -0.15) is 10.1 Å². The maximum atomic E-state index is 5.24. The smallest absolute Gasteiger partial charge is 0.268 e. The molecule has 88 valence electrons. The molecule has 0 radical (unpaired) electrons. The summed E-state index contributed by atoms with van der Waals surface area (Å²) in [6.45, 7) is 0. The first kappa shape index (κ1) is 9.92. The number of H-pyrrole nitrogens is 1. The SMILES string of the molecule is c1n[nH]c(-c2noc(-c3cc4sccc4s3)n2)n1. The fraction of sp³-hybridized carbons (Fsp3) is 0. The second-order valence-corrected chi connectivity index (χ2v) is 5.55. The van der Waals surface area contributed by atoms with Crippen molar-refractivity contribution < 1.29 is 4.52 Å². The second kappa shape index (κ2) is 3.72. The van der Waals surface area contributed by atoms with E-state index < -0.39 is 0 Å². The third-order valence-electron chi connectivity index (χ3n) is 2.40. The molecule has 18 heavy (non-hydrogen) atoms. The third kappa shape index (κ3) is 1.46. The van der Waals surface area contributed by atoms with Gasteiger partial charge >= 0.3 is 0 Å². The largest absolute Gasteiger partial charge is 0.333 e. The van der Waals surface area contributed by atoms with E-state index in [1.807, 2.05) is 0 Å². The van der Waals surface area contributed by atoms with Crippen molar-refractivity contribution in [2.75, 3.05) is 0 Å². The Bertz CT molecular complexity index is 769. The Kier molecular flexibility index (Phi) is 2.05. The number of fused-ring (bicyclic) bond motifs is 1. The maximum Gasteiger partial charge on any atom is 0.268 e. The number of nitrogens with one attached hydrogen (secondary N) is 1. The van der Waals surface area contributed by atoms with Gasteiger partial charge in [-0.15, -0.1) is 22.7 Å². The van der Waals surface area contributed by atoms with Gasteiger partial charge in [0.1, 0.15) is 6.33 Å². The molecule has 4 aromatic heterocycles. The molecule has 1 N–H and O–H groups in total. The van der Waals surface area contributed by atoms with E-state index in [1.54, 1.807) is 22.7 Å². The quantitative estimate of drug-likeness (QED) is 0.608. The number of aromatic nitrogens is 5. The first-order valence-electron chi connectivity index (χ1n) is 5.07. The van der Waals surface area contributed by atoms with Crippen LogP contribution in [0.3, 0.4) is 0 Å². The Morgan fingerprint density at radius 2 is 2.28 bits per heavy atom. The van der Waals surface area contributed by atoms with Crippen molar-refractivity contribution in [1.82, 2.24) is 25.3 Å². The lowest BCUT2D eigenvalue weighted by molar-refractivity contribution is 0.433. The van der Waals surface area contributed by atoms with Gasteiger partial charge in [0.15, 0.2) is 5.82 Å². The van der Waals surface area contributed by atoms with Gasteiger partial charge in [-0.3, -0.25) is 5.10 Å². The van der Waals surface area contributed by atoms with Crippen molar-refractivity contribution in [1.29, 1.82) is 0 Å². The molecule has 4 heterocycles. The van der Waals surface area contributed by atoms with Crippen molar-refractivity contribution in [2.45, 2.75) is 0 Å². The molecule has 0 aliphatic carbocycles. The van der Waals surface area contributed by atoms with Gasteiger partial charge in [-0.25, -0.2) is 4.98 Å². The van der Waals surface area contributed by atoms with Gasteiger partial charge < -0.3 is 4.52 Å². The molecule has 0 saturated heterocycles. The topological polar surface area (TPSA) is 80.5 Å². The number of rotatable bonds is 2. The first-order valence-corrected chi connectivity index (χ1v) is 6.76. The molecule has 0 aromatic carbocycles. The zero-order chi connectivity index (χ0) is 11.9. The summed E-state index contributed by atoms with van der Waals surface area (Å²) in [5, 5.41) is 12.4. The molecular weight excluding hydrogens is 270 g/mol. The summed E-state index contributed by atoms with van der Waals surface area (Å²) in [6.07, 6.45) is 1.41. The van der Waals surface area contributed by atoms with E-state index in [1.165, 1.54) is 15.7 Å². The molecule has 0 aliphatic rings. The van der Waals surface area contributed by atoms with Crippen LogP contribution in [0.15, 0.2) is 28.4 Å². The van der Waals surface area contributed by atoms with Crippen LogP contribution in [-0.4, -0.2) is 25.3 Å². The monoisotopic (exact) mass is 275 g/mol. The molecule has 0 atom stereocenters. The first-order chi connectivity index (χ1) is 8.90. The van der Waals surface area contributed by atoms with Crippen molar-refractivity contribution in [2.24, 2.45) is 0 Å². The van der Waals surface area contributed by atoms with Crippen LogP contribution in [0.25, 0.3) is 31.8 Å². The summed E-state index contributed by atoms with van der Waals surface area (Å²) in [4.78, 5) is 9.25. The highest BCUT2D eigenvalue weighted by molar-refractivity contribution is 7.28. The van der Waals surface area contributed by atoms with Gasteiger partial charge in [0, 0.05) is 9.40 Å². The van der Waals surface area contributed by atoms with E-state index in [0.29, 0.717) is 17.5 Å². The number of aromatic amines is 1. The van der Waals surface area contributed by atoms with Crippen LogP contribution in [0, 0.1) is 0 Å². The minimum absolute atomic E-state index is 0.416. The number of thiophene rings is 2. The van der Waals surface area contributed by atoms with Crippen LogP contribution in [0.1, 0.15) is 0 Å². The molecule has 0 aliphatic heterocycles. The summed E-state index contributed by atoms with van der Waals surface area (Å²) in [5.74, 6) is 1.43. The number of nitrogens with zero attached hydrogens (tertiary/aromatic N) is 4. The van der Waals surface area contributed by atoms with E-state index in [-0.39, 0.29) is 0 Å². The minimum atomic E-state index is 0.416. The van der Waals surface area contributed by atoms with Crippen molar-refractivity contribution in [3.8, 4) is 22.4 Å². The second-order valence-electron chi connectivity index (χ2n) is 3.52. The lowest BCUT2D eigenvalue weighted by atomic mass is 10.4. The molecule has 8 heteroatoms. The molecule has 0 spiro atoms. The normalized spacial score (nSPS) is 11.3. The molecule has 0 amide bonds. The van der Waals surface area contributed by atoms with Crippen LogP contribution in [0.5, 0.6) is 0 Å². The van der Waals surface area contributed by atoms with Crippen molar-refractivity contribution >= 4 is 32.1 Å². The van der Waals surface area contributed by atoms with Crippen molar-refractivity contribution in [3.05, 3.63) is 23.8 Å². The molecule has 6 nitrogen and oxygen atoms in total. The Balaban J connectivity index is 1.79. The average molecular weight is 275 g/mol. The van der Waals surface area contributed by atoms with Crippen LogP contribution in [0.4, 0.5) is 0 Å². The van der Waals surface area contributed by atoms with Crippen molar-refractivity contribution in [3.63, 3.8) is 0 Å². The van der Waals surface area contributed by atoms with Crippen LogP contribution >= 0.6 is 22.7 Å². The molecule has 0 bridgehead atoms. The maximum absolute atomic E-state index is 5.24. The lowest BCUT2D eigenvalue weighted by Gasteiger charge is -1.83. The lowest BCUT2D eigenvalue weighted by Crippen LogP contribution is -1.82. The minimum Gasteiger partial charge on any atom is -0.333 e. The van der Waals surface area contributed by atoms with E-state index in [9.17, 15) is 0 Å². The molecule has 4 rings (SSSR count). The highest BCUT2D eigenvalue weighted by Crippen LogP contribution is 2.35. The van der Waals surface area contributed by atoms with Gasteiger partial charge in [0.2, 0.25) is 5.82 Å². The fourth-order valence-electron chi connectivity index (χ4n) is 1.60. The number of hydrogen-bond donors (Lipinski definition) is 1. The summed E-state index contributed by atoms with van der Waals surface area (Å²) >= 11 is 3.33. The van der Waals surface area contributed by atoms with Crippen LogP contribution in [0.2, 0.25) is 0 Å². The molecule has 0 unspecified atom stereocenters. The standard InChI is InChI=1S/C10H5N5OS2/c1-2-17-6-3-7(18-5(1)6)10-13-9(15-16-10)8-11-4-12-14-8/h1-4H,(H,11,12,14). The summed E-state index contributed by atoms with van der Waals surface area (Å²) in [7, 11) is 0. The summed E-state index contributed by atoms with van der Waals surface area (Å²) in [5.41, 5.74) is 0. The third-order valence-corrected chi connectivity index (χ3v) is 4.48. The highest BCUT2D eigenvalue weighted by Gasteiger charge is 2.15. The molecular formula is C10H5N5OS2. The van der Waals surface area contributed by atoms with Crippen LogP contribution < -0.4 is 0 Å². The van der Waals surface area contributed by atoms with Gasteiger partial charge in [-0.05, 0) is 17.5 Å². The van der Waals surface area contributed by atoms with Gasteiger partial charge in [0.25, 0.3) is 5.89 Å². The fourth-order valence-corrected chi connectivity index (χ4v) is 3.63. The predicted molar refractivity (Wildman–Crippen MR) is 68.4 cm³/mol. The van der Waals surface area contributed by atoms with Gasteiger partial charge in [0.05, 0.1) is 4.88 Å². The average Bonchev–Trinajstić information content (AvgIpc) is 3.13. The molecule has 0 saturated carbocycles. The van der Waals surface area contributed by atoms with E-state index in [0.717, 1.165) is 4.88 Å². The van der Waals surface area contributed by atoms with E-state index in [4.69, 9.17) is 4.52 Å². The zero-order valence-corrected chi connectivity index (χ0v) is 10.5. The Morgan fingerprint density at radius 3 is 3.11 bits per heavy atom. The number of hydrogen-bond acceptors (Lipinski definition) is 7. The highest BCUT2D eigenvalue weighted by atomic mass is 32.1. The summed E-state index contributed by atoms with van der Waals surface area (Å²) in [6, 6.07) is 4.14. The summed E-state index contributed by atoms with van der Waals surface area (Å²) < 4.78 is 7.70. The Hall–Kier alpha value is -2.06. The van der Waals surface area contributed by atoms with E-state index in [2.05, 4.69) is 42.8 Å².